The quantitative estimate of drug-likeness (QED) is 0.132. The lowest BCUT2D eigenvalue weighted by Crippen LogP contribution is -2.31. The molecule has 184 valence electrons. The van der Waals surface area contributed by atoms with Crippen molar-refractivity contribution in [2.24, 2.45) is 11.3 Å². The van der Waals surface area contributed by atoms with Crippen LogP contribution < -0.4 is 0 Å². The summed E-state index contributed by atoms with van der Waals surface area (Å²) in [4.78, 5) is 47.8. The SMILES string of the molecule is C=CC(C=CC(=O)O)(C(=O)O)C(C=C(CCCC)C(=O)O)=C(CC(CC)CCCC)C(=O)O. The number of carboxylic acid groups (broad SMARTS) is 4. The number of hydrogen-bond donors (Lipinski definition) is 4. The largest absolute Gasteiger partial charge is 0.480 e. The van der Waals surface area contributed by atoms with Crippen LogP contribution in [0.1, 0.15) is 72.1 Å². The van der Waals surface area contributed by atoms with Crippen molar-refractivity contribution < 1.29 is 39.6 Å². The molecular weight excluding hydrogens is 428 g/mol. The lowest BCUT2D eigenvalue weighted by Gasteiger charge is -2.27. The van der Waals surface area contributed by atoms with Gasteiger partial charge in [-0.15, -0.1) is 6.58 Å². The number of hydrogen-bond acceptors (Lipinski definition) is 4. The van der Waals surface area contributed by atoms with Crippen molar-refractivity contribution in [1.82, 2.24) is 0 Å². The van der Waals surface area contributed by atoms with Gasteiger partial charge in [0.25, 0.3) is 0 Å². The Morgan fingerprint density at radius 3 is 1.94 bits per heavy atom. The van der Waals surface area contributed by atoms with E-state index in [4.69, 9.17) is 5.11 Å². The van der Waals surface area contributed by atoms with Gasteiger partial charge in [-0.25, -0.2) is 14.4 Å². The van der Waals surface area contributed by atoms with Gasteiger partial charge in [-0.3, -0.25) is 4.79 Å². The lowest BCUT2D eigenvalue weighted by atomic mass is 9.74. The van der Waals surface area contributed by atoms with Crippen molar-refractivity contribution in [3.63, 3.8) is 0 Å². The van der Waals surface area contributed by atoms with Crippen molar-refractivity contribution in [2.45, 2.75) is 72.1 Å². The molecule has 0 fully saturated rings. The van der Waals surface area contributed by atoms with Crippen molar-refractivity contribution in [1.29, 1.82) is 0 Å². The summed E-state index contributed by atoms with van der Waals surface area (Å²) in [7, 11) is 0. The molecule has 0 spiro atoms. The Labute approximate surface area is 195 Å². The minimum atomic E-state index is -2.23. The van der Waals surface area contributed by atoms with Crippen LogP contribution in [0.15, 0.2) is 47.6 Å². The first-order valence-electron chi connectivity index (χ1n) is 11.2. The van der Waals surface area contributed by atoms with Crippen molar-refractivity contribution >= 4 is 23.9 Å². The highest BCUT2D eigenvalue weighted by Gasteiger charge is 2.40. The molecule has 0 aliphatic carbocycles. The number of rotatable bonds is 17. The van der Waals surface area contributed by atoms with Gasteiger partial charge in [0.1, 0.15) is 5.41 Å². The standard InChI is InChI=1S/C25H36O8/c1-5-9-11-17(7-3)15-19(23(30)31)20(16-18(22(28)29)12-10-6-2)25(8-4,24(32)33)14-13-21(26)27/h8,13-14,16-17H,4-7,9-12,15H2,1-3H3,(H,26,27)(H,28,29)(H,30,31)(H,32,33). The molecule has 8 heteroatoms. The van der Waals surface area contributed by atoms with Crippen molar-refractivity contribution in [2.75, 3.05) is 0 Å². The molecule has 0 aromatic carbocycles. The summed E-state index contributed by atoms with van der Waals surface area (Å²) in [5.41, 5.74) is -2.94. The molecule has 0 amide bonds. The second-order valence-corrected chi connectivity index (χ2v) is 7.95. The molecule has 0 aliphatic heterocycles. The number of aliphatic carboxylic acids is 4. The molecule has 4 N–H and O–H groups in total. The smallest absolute Gasteiger partial charge is 0.331 e. The van der Waals surface area contributed by atoms with Gasteiger partial charge < -0.3 is 20.4 Å². The van der Waals surface area contributed by atoms with Gasteiger partial charge in [-0.2, -0.15) is 0 Å². The first-order chi connectivity index (χ1) is 15.5. The molecule has 33 heavy (non-hydrogen) atoms. The van der Waals surface area contributed by atoms with Crippen LogP contribution >= 0.6 is 0 Å². The van der Waals surface area contributed by atoms with E-state index in [0.29, 0.717) is 25.3 Å². The maximum absolute atomic E-state index is 12.4. The monoisotopic (exact) mass is 464 g/mol. The highest BCUT2D eigenvalue weighted by Crippen LogP contribution is 2.38. The molecule has 0 saturated carbocycles. The summed E-state index contributed by atoms with van der Waals surface area (Å²) in [6, 6.07) is 0. The maximum Gasteiger partial charge on any atom is 0.331 e. The van der Waals surface area contributed by atoms with E-state index >= 15 is 0 Å². The van der Waals surface area contributed by atoms with Crippen LogP contribution in [0.5, 0.6) is 0 Å². The fraction of sp³-hybridized carbons (Fsp3) is 0.520. The lowest BCUT2D eigenvalue weighted by molar-refractivity contribution is -0.142. The molecular formula is C25H36O8. The van der Waals surface area contributed by atoms with E-state index in [1.165, 1.54) is 0 Å². The molecule has 2 atom stereocenters. The second-order valence-electron chi connectivity index (χ2n) is 7.95. The van der Waals surface area contributed by atoms with Gasteiger partial charge in [-0.05, 0) is 36.8 Å². The van der Waals surface area contributed by atoms with E-state index in [1.807, 2.05) is 20.8 Å². The zero-order valence-corrected chi connectivity index (χ0v) is 19.7. The minimum Gasteiger partial charge on any atom is -0.480 e. The Kier molecular flexibility index (Phi) is 13.4. The van der Waals surface area contributed by atoms with Crippen LogP contribution in [0.4, 0.5) is 0 Å². The molecule has 0 saturated heterocycles. The highest BCUT2D eigenvalue weighted by molar-refractivity contribution is 5.96. The normalized spacial score (nSPS) is 15.4. The van der Waals surface area contributed by atoms with Crippen LogP contribution in [0.25, 0.3) is 0 Å². The number of unbranched alkanes of at least 4 members (excludes halogenated alkanes) is 2. The predicted octanol–water partition coefficient (Wildman–Crippen LogP) is 5.07. The second kappa shape index (κ2) is 14.8. The van der Waals surface area contributed by atoms with E-state index < -0.39 is 29.3 Å². The van der Waals surface area contributed by atoms with Gasteiger partial charge in [0, 0.05) is 17.2 Å². The molecule has 0 aromatic rings. The van der Waals surface area contributed by atoms with Gasteiger partial charge in [0.05, 0.1) is 0 Å². The zero-order chi connectivity index (χ0) is 25.6. The number of carboxylic acids is 4. The van der Waals surface area contributed by atoms with Crippen molar-refractivity contribution in [3.8, 4) is 0 Å². The van der Waals surface area contributed by atoms with Gasteiger partial charge in [0.15, 0.2) is 0 Å². The maximum atomic E-state index is 12.4. The average Bonchev–Trinajstić information content (AvgIpc) is 2.75. The Hall–Kier alpha value is -3.16. The molecule has 0 heterocycles. The first-order valence-corrected chi connectivity index (χ1v) is 11.2. The molecule has 0 rings (SSSR count). The third-order valence-electron chi connectivity index (χ3n) is 5.62. The van der Waals surface area contributed by atoms with Crippen molar-refractivity contribution in [3.05, 3.63) is 47.6 Å². The summed E-state index contributed by atoms with van der Waals surface area (Å²) in [5.74, 6) is -5.73. The summed E-state index contributed by atoms with van der Waals surface area (Å²) in [5, 5.41) is 38.9. The van der Waals surface area contributed by atoms with Crippen LogP contribution in [-0.2, 0) is 19.2 Å². The Bertz CT molecular complexity index is 818. The van der Waals surface area contributed by atoms with Gasteiger partial charge in [-0.1, -0.05) is 65.0 Å². The third kappa shape index (κ3) is 9.08. The van der Waals surface area contributed by atoms with E-state index in [-0.39, 0.29) is 35.5 Å². The Balaban J connectivity index is 7.31. The molecule has 0 aliphatic rings. The van der Waals surface area contributed by atoms with Crippen LogP contribution in [0, 0.1) is 11.3 Å². The molecule has 0 aromatic heterocycles. The van der Waals surface area contributed by atoms with E-state index in [9.17, 15) is 34.5 Å². The summed E-state index contributed by atoms with van der Waals surface area (Å²) >= 11 is 0. The minimum absolute atomic E-state index is 0.0160. The van der Waals surface area contributed by atoms with Gasteiger partial charge in [0.2, 0.25) is 0 Å². The first kappa shape index (κ1) is 29.8. The third-order valence-corrected chi connectivity index (χ3v) is 5.62. The number of carbonyl (C=O) groups is 4. The fourth-order valence-corrected chi connectivity index (χ4v) is 3.53. The molecule has 0 radical (unpaired) electrons. The summed E-state index contributed by atoms with van der Waals surface area (Å²) in [6.45, 7) is 9.30. The predicted molar refractivity (Wildman–Crippen MR) is 125 cm³/mol. The zero-order valence-electron chi connectivity index (χ0n) is 19.7. The van der Waals surface area contributed by atoms with E-state index in [1.54, 1.807) is 0 Å². The topological polar surface area (TPSA) is 149 Å². The van der Waals surface area contributed by atoms with E-state index in [0.717, 1.165) is 37.5 Å². The molecule has 8 nitrogen and oxygen atoms in total. The van der Waals surface area contributed by atoms with Crippen LogP contribution in [-0.4, -0.2) is 44.3 Å². The average molecular weight is 465 g/mol. The number of allylic oxidation sites excluding steroid dienone is 1. The molecule has 2 unspecified atom stereocenters. The van der Waals surface area contributed by atoms with Crippen LogP contribution in [0.2, 0.25) is 0 Å². The Morgan fingerprint density at radius 2 is 1.55 bits per heavy atom. The van der Waals surface area contributed by atoms with Gasteiger partial charge >= 0.3 is 23.9 Å². The summed E-state index contributed by atoms with van der Waals surface area (Å²) in [6.07, 6.45) is 7.89. The Morgan fingerprint density at radius 1 is 0.939 bits per heavy atom. The van der Waals surface area contributed by atoms with E-state index in [2.05, 4.69) is 6.58 Å². The highest BCUT2D eigenvalue weighted by atomic mass is 16.4. The molecule has 0 bridgehead atoms. The summed E-state index contributed by atoms with van der Waals surface area (Å²) < 4.78 is 0. The fourth-order valence-electron chi connectivity index (χ4n) is 3.53. The van der Waals surface area contributed by atoms with Crippen LogP contribution in [0.3, 0.4) is 0 Å².